The molecular formula is C26H33FN2O. The third-order valence-corrected chi connectivity index (χ3v) is 6.70. The normalized spacial score (nSPS) is 20.4. The SMILES string of the molecule is CC[C@@H](NC(=O)[C@@H]1CCCN(Cc2ccc(F)cc2)C1)c1ccc2c(c1)CCCC2. The van der Waals surface area contributed by atoms with Gasteiger partial charge in [-0.25, -0.2) is 4.39 Å². The molecule has 0 bridgehead atoms. The monoisotopic (exact) mass is 408 g/mol. The van der Waals surface area contributed by atoms with Crippen LogP contribution in [-0.2, 0) is 24.2 Å². The highest BCUT2D eigenvalue weighted by molar-refractivity contribution is 5.79. The Morgan fingerprint density at radius 2 is 1.87 bits per heavy atom. The summed E-state index contributed by atoms with van der Waals surface area (Å²) < 4.78 is 13.2. The van der Waals surface area contributed by atoms with Crippen molar-refractivity contribution in [2.75, 3.05) is 13.1 Å². The number of benzene rings is 2. The maximum atomic E-state index is 13.2. The van der Waals surface area contributed by atoms with Gasteiger partial charge in [0.15, 0.2) is 0 Å². The third kappa shape index (κ3) is 5.10. The summed E-state index contributed by atoms with van der Waals surface area (Å²) in [5.41, 5.74) is 5.29. The quantitative estimate of drug-likeness (QED) is 0.714. The van der Waals surface area contributed by atoms with Crippen LogP contribution in [0.5, 0.6) is 0 Å². The fourth-order valence-corrected chi connectivity index (χ4v) is 4.94. The number of nitrogens with zero attached hydrogens (tertiary/aromatic N) is 1. The van der Waals surface area contributed by atoms with Gasteiger partial charge in [0.25, 0.3) is 0 Å². The second-order valence-corrected chi connectivity index (χ2v) is 8.91. The standard InChI is InChI=1S/C26H33FN2O/c1-2-25(22-12-11-20-6-3-4-7-21(20)16-22)28-26(30)23-8-5-15-29(18-23)17-19-9-13-24(27)14-10-19/h9-14,16,23,25H,2-8,15,17-18H2,1H3,(H,28,30)/t23-,25-/m1/s1. The number of amides is 1. The van der Waals surface area contributed by atoms with Crippen LogP contribution < -0.4 is 5.32 Å². The first-order valence-corrected chi connectivity index (χ1v) is 11.5. The minimum absolute atomic E-state index is 0.0193. The summed E-state index contributed by atoms with van der Waals surface area (Å²) in [6.45, 7) is 4.67. The molecule has 2 aliphatic rings. The molecule has 30 heavy (non-hydrogen) atoms. The van der Waals surface area contributed by atoms with Crippen molar-refractivity contribution in [1.82, 2.24) is 10.2 Å². The van der Waals surface area contributed by atoms with E-state index in [1.807, 2.05) is 12.1 Å². The van der Waals surface area contributed by atoms with Crippen LogP contribution in [0.25, 0.3) is 0 Å². The Labute approximate surface area is 179 Å². The fraction of sp³-hybridized carbons (Fsp3) is 0.500. The first-order valence-electron chi connectivity index (χ1n) is 11.5. The molecule has 1 amide bonds. The number of nitrogens with one attached hydrogen (secondary N) is 1. The highest BCUT2D eigenvalue weighted by Crippen LogP contribution is 2.27. The van der Waals surface area contributed by atoms with E-state index in [9.17, 15) is 9.18 Å². The lowest BCUT2D eigenvalue weighted by Crippen LogP contribution is -2.43. The molecule has 1 fully saturated rings. The van der Waals surface area contributed by atoms with Crippen LogP contribution >= 0.6 is 0 Å². The van der Waals surface area contributed by atoms with E-state index in [4.69, 9.17) is 0 Å². The van der Waals surface area contributed by atoms with E-state index >= 15 is 0 Å². The van der Waals surface area contributed by atoms with Gasteiger partial charge in [-0.05, 0) is 85.9 Å². The molecule has 1 N–H and O–H groups in total. The van der Waals surface area contributed by atoms with Crippen LogP contribution in [-0.4, -0.2) is 23.9 Å². The van der Waals surface area contributed by atoms with Gasteiger partial charge >= 0.3 is 0 Å². The second kappa shape index (κ2) is 9.74. The lowest BCUT2D eigenvalue weighted by Gasteiger charge is -2.33. The Bertz CT molecular complexity index is 864. The summed E-state index contributed by atoms with van der Waals surface area (Å²) in [7, 11) is 0. The number of carbonyl (C=O) groups is 1. The van der Waals surface area contributed by atoms with Gasteiger partial charge in [0.2, 0.25) is 5.91 Å². The van der Waals surface area contributed by atoms with Crippen LogP contribution in [0.15, 0.2) is 42.5 Å². The number of aryl methyl sites for hydroxylation is 2. The summed E-state index contributed by atoms with van der Waals surface area (Å²) in [4.78, 5) is 15.4. The van der Waals surface area contributed by atoms with Crippen LogP contribution in [0, 0.1) is 11.7 Å². The van der Waals surface area contributed by atoms with Crippen molar-refractivity contribution in [1.29, 1.82) is 0 Å². The molecule has 1 heterocycles. The number of halogens is 1. The van der Waals surface area contributed by atoms with Crippen molar-refractivity contribution in [2.24, 2.45) is 5.92 Å². The highest BCUT2D eigenvalue weighted by atomic mass is 19.1. The molecule has 0 unspecified atom stereocenters. The van der Waals surface area contributed by atoms with Crippen molar-refractivity contribution in [2.45, 2.75) is 64.5 Å². The molecular weight excluding hydrogens is 375 g/mol. The molecule has 2 aromatic rings. The Balaban J connectivity index is 1.37. The van der Waals surface area contributed by atoms with E-state index < -0.39 is 0 Å². The molecule has 160 valence electrons. The number of carbonyl (C=O) groups excluding carboxylic acids is 1. The zero-order valence-corrected chi connectivity index (χ0v) is 18.0. The van der Waals surface area contributed by atoms with Crippen molar-refractivity contribution >= 4 is 5.91 Å². The topological polar surface area (TPSA) is 32.3 Å². The van der Waals surface area contributed by atoms with Gasteiger partial charge in [-0.3, -0.25) is 9.69 Å². The van der Waals surface area contributed by atoms with Gasteiger partial charge < -0.3 is 5.32 Å². The zero-order chi connectivity index (χ0) is 20.9. The van der Waals surface area contributed by atoms with E-state index in [-0.39, 0.29) is 23.7 Å². The molecule has 0 spiro atoms. The Morgan fingerprint density at radius 3 is 2.63 bits per heavy atom. The average Bonchev–Trinajstić information content (AvgIpc) is 2.78. The molecule has 0 radical (unpaired) electrons. The molecule has 4 rings (SSSR count). The smallest absolute Gasteiger partial charge is 0.224 e. The van der Waals surface area contributed by atoms with E-state index in [2.05, 4.69) is 35.3 Å². The van der Waals surface area contributed by atoms with E-state index in [1.165, 1.54) is 48.1 Å². The largest absolute Gasteiger partial charge is 0.349 e. The van der Waals surface area contributed by atoms with E-state index in [0.29, 0.717) is 0 Å². The van der Waals surface area contributed by atoms with Gasteiger partial charge in [-0.1, -0.05) is 37.3 Å². The molecule has 0 aromatic heterocycles. The van der Waals surface area contributed by atoms with Gasteiger partial charge in [-0.2, -0.15) is 0 Å². The number of hydrogen-bond donors (Lipinski definition) is 1. The molecule has 2 atom stereocenters. The van der Waals surface area contributed by atoms with Gasteiger partial charge in [-0.15, -0.1) is 0 Å². The Kier molecular flexibility index (Phi) is 6.83. The summed E-state index contributed by atoms with van der Waals surface area (Å²) >= 11 is 0. The summed E-state index contributed by atoms with van der Waals surface area (Å²) in [5.74, 6) is -0.0170. The second-order valence-electron chi connectivity index (χ2n) is 8.91. The number of piperidine rings is 1. The minimum Gasteiger partial charge on any atom is -0.349 e. The van der Waals surface area contributed by atoms with E-state index in [1.54, 1.807) is 0 Å². The Hall–Kier alpha value is -2.20. The first kappa shape index (κ1) is 21.0. The lowest BCUT2D eigenvalue weighted by molar-refractivity contribution is -0.127. The van der Waals surface area contributed by atoms with Crippen molar-refractivity contribution < 1.29 is 9.18 Å². The first-order chi connectivity index (χ1) is 14.6. The predicted octanol–water partition coefficient (Wildman–Crippen LogP) is 5.18. The van der Waals surface area contributed by atoms with Gasteiger partial charge in [0.05, 0.1) is 12.0 Å². The fourth-order valence-electron chi connectivity index (χ4n) is 4.94. The molecule has 0 saturated carbocycles. The van der Waals surface area contributed by atoms with E-state index in [0.717, 1.165) is 50.9 Å². The third-order valence-electron chi connectivity index (χ3n) is 6.70. The number of likely N-dealkylation sites (tertiary alicyclic amines) is 1. The predicted molar refractivity (Wildman–Crippen MR) is 119 cm³/mol. The lowest BCUT2D eigenvalue weighted by atomic mass is 9.88. The summed E-state index contributed by atoms with van der Waals surface area (Å²) in [5, 5.41) is 3.34. The van der Waals surface area contributed by atoms with Crippen LogP contribution in [0.3, 0.4) is 0 Å². The molecule has 3 nitrogen and oxygen atoms in total. The van der Waals surface area contributed by atoms with Crippen molar-refractivity contribution in [3.63, 3.8) is 0 Å². The minimum atomic E-state index is -0.206. The molecule has 1 aliphatic carbocycles. The van der Waals surface area contributed by atoms with Crippen LogP contribution in [0.4, 0.5) is 4.39 Å². The average molecular weight is 409 g/mol. The van der Waals surface area contributed by atoms with Gasteiger partial charge in [0, 0.05) is 13.1 Å². The molecule has 4 heteroatoms. The highest BCUT2D eigenvalue weighted by Gasteiger charge is 2.27. The molecule has 2 aromatic carbocycles. The maximum Gasteiger partial charge on any atom is 0.224 e. The summed E-state index contributed by atoms with van der Waals surface area (Å²) in [6, 6.07) is 13.6. The van der Waals surface area contributed by atoms with Gasteiger partial charge in [0.1, 0.15) is 5.82 Å². The van der Waals surface area contributed by atoms with Crippen LogP contribution in [0.2, 0.25) is 0 Å². The van der Waals surface area contributed by atoms with Crippen molar-refractivity contribution in [3.8, 4) is 0 Å². The number of fused-ring (bicyclic) bond motifs is 1. The summed E-state index contributed by atoms with van der Waals surface area (Å²) in [6.07, 6.45) is 7.76. The number of rotatable bonds is 6. The number of hydrogen-bond acceptors (Lipinski definition) is 2. The molecule has 1 aliphatic heterocycles. The van der Waals surface area contributed by atoms with Crippen molar-refractivity contribution in [3.05, 3.63) is 70.5 Å². The zero-order valence-electron chi connectivity index (χ0n) is 18.0. The molecule has 1 saturated heterocycles. The Morgan fingerprint density at radius 1 is 1.10 bits per heavy atom. The maximum absolute atomic E-state index is 13.2. The van der Waals surface area contributed by atoms with Crippen LogP contribution in [0.1, 0.15) is 67.3 Å².